The van der Waals surface area contributed by atoms with Gasteiger partial charge in [0.15, 0.2) is 17.5 Å². The van der Waals surface area contributed by atoms with E-state index in [0.717, 1.165) is 45.9 Å². The van der Waals surface area contributed by atoms with E-state index in [-0.39, 0.29) is 12.6 Å². The molecule has 0 saturated carbocycles. The van der Waals surface area contributed by atoms with Crippen LogP contribution in [0.4, 0.5) is 4.39 Å². The van der Waals surface area contributed by atoms with Crippen molar-refractivity contribution in [1.29, 1.82) is 0 Å². The van der Waals surface area contributed by atoms with Gasteiger partial charge >= 0.3 is 0 Å². The molecule has 0 amide bonds. The molecule has 27 heavy (non-hydrogen) atoms. The number of aliphatic imine (C=N–C) groups is 1. The summed E-state index contributed by atoms with van der Waals surface area (Å²) in [5.41, 5.74) is 3.04. The van der Waals surface area contributed by atoms with Gasteiger partial charge in [-0.1, -0.05) is 6.07 Å². The average molecular weight is 368 g/mol. The lowest BCUT2D eigenvalue weighted by Gasteiger charge is -2.12. The van der Waals surface area contributed by atoms with Crippen LogP contribution in [0.5, 0.6) is 11.5 Å². The van der Waals surface area contributed by atoms with Gasteiger partial charge in [0.05, 0.1) is 0 Å². The summed E-state index contributed by atoms with van der Waals surface area (Å²) in [6.07, 6.45) is 2.73. The maximum Gasteiger partial charge on any atom is 0.231 e. The molecule has 6 nitrogen and oxygen atoms in total. The number of fused-ring (bicyclic) bond motifs is 2. The summed E-state index contributed by atoms with van der Waals surface area (Å²) in [7, 11) is 1.74. The monoisotopic (exact) mass is 368 g/mol. The van der Waals surface area contributed by atoms with Crippen molar-refractivity contribution in [2.75, 3.05) is 20.4 Å². The summed E-state index contributed by atoms with van der Waals surface area (Å²) in [5.74, 6) is 2.04. The molecule has 7 heteroatoms. The lowest BCUT2D eigenvalue weighted by Crippen LogP contribution is -2.37. The van der Waals surface area contributed by atoms with Crippen LogP contribution in [0.15, 0.2) is 47.6 Å². The summed E-state index contributed by atoms with van der Waals surface area (Å²) in [5, 5.41) is 7.63. The van der Waals surface area contributed by atoms with Crippen molar-refractivity contribution in [2.24, 2.45) is 4.99 Å². The van der Waals surface area contributed by atoms with E-state index in [1.54, 1.807) is 7.05 Å². The number of benzene rings is 2. The average Bonchev–Trinajstić information content (AvgIpc) is 3.30. The number of rotatable bonds is 5. The van der Waals surface area contributed by atoms with E-state index in [0.29, 0.717) is 13.1 Å². The summed E-state index contributed by atoms with van der Waals surface area (Å²) >= 11 is 0. The van der Waals surface area contributed by atoms with Crippen molar-refractivity contribution in [1.82, 2.24) is 15.6 Å². The predicted molar refractivity (Wildman–Crippen MR) is 103 cm³/mol. The standard InChI is InChI=1S/C20H21FN4O2/c1-22-20(25-10-13-2-5-18-19(8-13)27-12-26-18)23-7-6-14-11-24-17-9-15(21)3-4-16(14)17/h2-5,8-9,11,24H,6-7,10,12H2,1H3,(H2,22,23,25). The Hall–Kier alpha value is -3.22. The van der Waals surface area contributed by atoms with Crippen LogP contribution in [0.3, 0.4) is 0 Å². The van der Waals surface area contributed by atoms with Crippen molar-refractivity contribution < 1.29 is 13.9 Å². The van der Waals surface area contributed by atoms with E-state index < -0.39 is 0 Å². The molecule has 4 rings (SSSR count). The molecule has 1 aliphatic heterocycles. The number of guanidine groups is 1. The van der Waals surface area contributed by atoms with Gasteiger partial charge in [-0.05, 0) is 47.9 Å². The molecule has 2 aromatic carbocycles. The third-order valence-electron chi connectivity index (χ3n) is 4.54. The first-order valence-corrected chi connectivity index (χ1v) is 8.81. The Kier molecular flexibility index (Phi) is 4.82. The van der Waals surface area contributed by atoms with E-state index in [1.165, 1.54) is 12.1 Å². The molecular weight excluding hydrogens is 347 g/mol. The zero-order chi connectivity index (χ0) is 18.6. The number of halogens is 1. The maximum absolute atomic E-state index is 13.3. The van der Waals surface area contributed by atoms with Crippen LogP contribution in [-0.2, 0) is 13.0 Å². The third kappa shape index (κ3) is 3.81. The van der Waals surface area contributed by atoms with Gasteiger partial charge in [-0.3, -0.25) is 4.99 Å². The second-order valence-corrected chi connectivity index (χ2v) is 6.29. The molecule has 0 radical (unpaired) electrons. The number of H-pyrrole nitrogens is 1. The van der Waals surface area contributed by atoms with Crippen LogP contribution in [0, 0.1) is 5.82 Å². The Bertz CT molecular complexity index is 983. The van der Waals surface area contributed by atoms with Gasteiger partial charge in [0.25, 0.3) is 0 Å². The number of hydrogen-bond acceptors (Lipinski definition) is 3. The van der Waals surface area contributed by atoms with Gasteiger partial charge in [-0.25, -0.2) is 4.39 Å². The Labute approximate surface area is 156 Å². The highest BCUT2D eigenvalue weighted by Crippen LogP contribution is 2.32. The van der Waals surface area contributed by atoms with Crippen LogP contribution < -0.4 is 20.1 Å². The van der Waals surface area contributed by atoms with Gasteiger partial charge in [-0.2, -0.15) is 0 Å². The van der Waals surface area contributed by atoms with Crippen molar-refractivity contribution in [2.45, 2.75) is 13.0 Å². The second-order valence-electron chi connectivity index (χ2n) is 6.29. The second kappa shape index (κ2) is 7.57. The molecule has 2 heterocycles. The minimum absolute atomic E-state index is 0.234. The van der Waals surface area contributed by atoms with E-state index in [1.807, 2.05) is 30.5 Å². The Morgan fingerprint density at radius 3 is 2.93 bits per heavy atom. The molecule has 1 aliphatic rings. The van der Waals surface area contributed by atoms with Crippen LogP contribution >= 0.6 is 0 Å². The number of nitrogens with zero attached hydrogens (tertiary/aromatic N) is 1. The zero-order valence-electron chi connectivity index (χ0n) is 15.0. The fourth-order valence-corrected chi connectivity index (χ4v) is 3.14. The van der Waals surface area contributed by atoms with Crippen molar-refractivity contribution >= 4 is 16.9 Å². The molecular formula is C20H21FN4O2. The molecule has 3 N–H and O–H groups in total. The topological polar surface area (TPSA) is 70.7 Å². The van der Waals surface area contributed by atoms with Gasteiger partial charge in [-0.15, -0.1) is 0 Å². The molecule has 0 spiro atoms. The number of aromatic amines is 1. The largest absolute Gasteiger partial charge is 0.454 e. The molecule has 1 aromatic heterocycles. The van der Waals surface area contributed by atoms with Gasteiger partial charge in [0.2, 0.25) is 6.79 Å². The smallest absolute Gasteiger partial charge is 0.231 e. The van der Waals surface area contributed by atoms with Gasteiger partial charge in [0, 0.05) is 37.2 Å². The number of hydrogen-bond donors (Lipinski definition) is 3. The number of nitrogens with one attached hydrogen (secondary N) is 3. The molecule has 0 unspecified atom stereocenters. The molecule has 0 bridgehead atoms. The molecule has 0 fully saturated rings. The Morgan fingerprint density at radius 1 is 1.15 bits per heavy atom. The summed E-state index contributed by atoms with van der Waals surface area (Å²) in [4.78, 5) is 7.36. The highest BCUT2D eigenvalue weighted by molar-refractivity contribution is 5.83. The number of ether oxygens (including phenoxy) is 2. The fraction of sp³-hybridized carbons (Fsp3) is 0.250. The highest BCUT2D eigenvalue weighted by Gasteiger charge is 2.13. The SMILES string of the molecule is CN=C(NCCc1c[nH]c2cc(F)ccc12)NCc1ccc2c(c1)OCO2. The van der Waals surface area contributed by atoms with Crippen LogP contribution in [0.2, 0.25) is 0 Å². The van der Waals surface area contributed by atoms with Crippen LogP contribution in [0.1, 0.15) is 11.1 Å². The zero-order valence-corrected chi connectivity index (χ0v) is 15.0. The molecule has 3 aromatic rings. The number of aromatic nitrogens is 1. The van der Waals surface area contributed by atoms with E-state index in [4.69, 9.17) is 9.47 Å². The van der Waals surface area contributed by atoms with Gasteiger partial charge in [0.1, 0.15) is 5.82 Å². The quantitative estimate of drug-likeness (QED) is 0.478. The van der Waals surface area contributed by atoms with Crippen LogP contribution in [-0.4, -0.2) is 31.3 Å². The van der Waals surface area contributed by atoms with Crippen molar-refractivity contribution in [3.05, 3.63) is 59.5 Å². The van der Waals surface area contributed by atoms with Crippen molar-refractivity contribution in [3.63, 3.8) is 0 Å². The molecule has 0 atom stereocenters. The van der Waals surface area contributed by atoms with Crippen molar-refractivity contribution in [3.8, 4) is 11.5 Å². The molecule has 0 saturated heterocycles. The normalized spacial score (nSPS) is 13.2. The minimum atomic E-state index is -0.234. The summed E-state index contributed by atoms with van der Waals surface area (Å²) < 4.78 is 24.0. The maximum atomic E-state index is 13.3. The lowest BCUT2D eigenvalue weighted by molar-refractivity contribution is 0.174. The van der Waals surface area contributed by atoms with Crippen LogP contribution in [0.25, 0.3) is 10.9 Å². The highest BCUT2D eigenvalue weighted by atomic mass is 19.1. The lowest BCUT2D eigenvalue weighted by atomic mass is 10.1. The minimum Gasteiger partial charge on any atom is -0.454 e. The Balaban J connectivity index is 1.30. The van der Waals surface area contributed by atoms with Gasteiger partial charge < -0.3 is 25.1 Å². The first-order valence-electron chi connectivity index (χ1n) is 8.81. The predicted octanol–water partition coefficient (Wildman–Crippen LogP) is 2.94. The van der Waals surface area contributed by atoms with E-state index >= 15 is 0 Å². The summed E-state index contributed by atoms with van der Waals surface area (Å²) in [6, 6.07) is 10.7. The fourth-order valence-electron chi connectivity index (χ4n) is 3.14. The van der Waals surface area contributed by atoms with E-state index in [9.17, 15) is 4.39 Å². The Morgan fingerprint density at radius 2 is 2.04 bits per heavy atom. The molecule has 140 valence electrons. The first-order chi connectivity index (χ1) is 13.2. The molecule has 0 aliphatic carbocycles. The first kappa shape index (κ1) is 17.2. The van der Waals surface area contributed by atoms with E-state index in [2.05, 4.69) is 20.6 Å². The summed E-state index contributed by atoms with van der Waals surface area (Å²) in [6.45, 7) is 1.61. The third-order valence-corrected chi connectivity index (χ3v) is 4.54.